The lowest BCUT2D eigenvalue weighted by Gasteiger charge is -2.21. The Bertz CT molecular complexity index is 1680. The Morgan fingerprint density at radius 3 is 2.19 bits per heavy atom. The van der Waals surface area contributed by atoms with Crippen molar-refractivity contribution in [3.8, 4) is 16.8 Å². The van der Waals surface area contributed by atoms with E-state index >= 15 is 0 Å². The van der Waals surface area contributed by atoms with Gasteiger partial charge in [0.15, 0.2) is 0 Å². The smallest absolute Gasteiger partial charge is 0.0625 e. The van der Waals surface area contributed by atoms with Crippen LogP contribution in [0.1, 0.15) is 25.0 Å². The van der Waals surface area contributed by atoms with E-state index in [1.807, 2.05) is 0 Å². The summed E-state index contributed by atoms with van der Waals surface area (Å²) in [5, 5.41) is 5.27. The molecule has 6 aromatic rings. The van der Waals surface area contributed by atoms with Crippen molar-refractivity contribution in [2.45, 2.75) is 19.3 Å². The van der Waals surface area contributed by atoms with Crippen molar-refractivity contribution >= 4 is 32.6 Å². The van der Waals surface area contributed by atoms with E-state index in [-0.39, 0.29) is 5.41 Å². The molecule has 1 nitrogen and oxygen atoms in total. The first-order valence-corrected chi connectivity index (χ1v) is 11.3. The Morgan fingerprint density at radius 1 is 0.594 bits per heavy atom. The zero-order chi connectivity index (χ0) is 21.4. The van der Waals surface area contributed by atoms with Crippen molar-refractivity contribution in [1.29, 1.82) is 0 Å². The topological polar surface area (TPSA) is 4.93 Å². The zero-order valence-corrected chi connectivity index (χ0v) is 18.3. The molecule has 0 amide bonds. The number of hydrogen-bond donors (Lipinski definition) is 0. The first-order chi connectivity index (χ1) is 15.7. The van der Waals surface area contributed by atoms with Gasteiger partial charge < -0.3 is 4.57 Å². The van der Waals surface area contributed by atoms with Gasteiger partial charge in [0.1, 0.15) is 0 Å². The molecule has 0 radical (unpaired) electrons. The fraction of sp³-hybridized carbons (Fsp3) is 0.0968. The second-order valence-corrected chi connectivity index (χ2v) is 9.41. The second kappa shape index (κ2) is 6.11. The molecule has 1 heterocycles. The Hall–Kier alpha value is -3.84. The molecular formula is C31H23N. The predicted molar refractivity (Wildman–Crippen MR) is 136 cm³/mol. The third-order valence-electron chi connectivity index (χ3n) is 7.38. The molecule has 152 valence electrons. The fourth-order valence-electron chi connectivity index (χ4n) is 5.90. The minimum absolute atomic E-state index is 0.00806. The summed E-state index contributed by atoms with van der Waals surface area (Å²) in [6.45, 7) is 4.72. The van der Waals surface area contributed by atoms with E-state index in [1.165, 1.54) is 60.5 Å². The van der Waals surface area contributed by atoms with Crippen LogP contribution in [0.15, 0.2) is 103 Å². The molecule has 0 saturated heterocycles. The second-order valence-electron chi connectivity index (χ2n) is 9.41. The quantitative estimate of drug-likeness (QED) is 0.258. The summed E-state index contributed by atoms with van der Waals surface area (Å²) in [5.74, 6) is 0. The van der Waals surface area contributed by atoms with Gasteiger partial charge in [-0.25, -0.2) is 0 Å². The van der Waals surface area contributed by atoms with Crippen LogP contribution in [0, 0.1) is 0 Å². The van der Waals surface area contributed by atoms with Crippen molar-refractivity contribution in [3.63, 3.8) is 0 Å². The summed E-state index contributed by atoms with van der Waals surface area (Å²) in [5.41, 5.74) is 9.36. The highest BCUT2D eigenvalue weighted by molar-refractivity contribution is 6.23. The van der Waals surface area contributed by atoms with Crippen LogP contribution >= 0.6 is 0 Å². The monoisotopic (exact) mass is 409 g/mol. The Labute approximate surface area is 187 Å². The van der Waals surface area contributed by atoms with Gasteiger partial charge in [-0.05, 0) is 45.8 Å². The predicted octanol–water partition coefficient (Wildman–Crippen LogP) is 8.24. The minimum atomic E-state index is -0.00806. The molecule has 0 saturated carbocycles. The molecule has 1 aromatic heterocycles. The van der Waals surface area contributed by atoms with Crippen molar-refractivity contribution in [3.05, 3.63) is 114 Å². The Balaban J connectivity index is 1.78. The molecular weight excluding hydrogens is 386 g/mol. The summed E-state index contributed by atoms with van der Waals surface area (Å²) in [6.07, 6.45) is 0. The van der Waals surface area contributed by atoms with Gasteiger partial charge in [-0.3, -0.25) is 0 Å². The number of rotatable bonds is 1. The van der Waals surface area contributed by atoms with Gasteiger partial charge in [-0.1, -0.05) is 98.8 Å². The van der Waals surface area contributed by atoms with E-state index in [0.29, 0.717) is 0 Å². The maximum atomic E-state index is 2.46. The highest BCUT2D eigenvalue weighted by Crippen LogP contribution is 2.53. The number of para-hydroxylation sites is 2. The zero-order valence-electron chi connectivity index (χ0n) is 18.3. The number of fused-ring (bicyclic) bond motifs is 9. The number of nitrogens with zero attached hydrogens (tertiary/aromatic N) is 1. The molecule has 0 fully saturated rings. The van der Waals surface area contributed by atoms with Gasteiger partial charge in [0.05, 0.1) is 11.0 Å². The van der Waals surface area contributed by atoms with Gasteiger partial charge in [0, 0.05) is 27.3 Å². The van der Waals surface area contributed by atoms with Crippen LogP contribution in [0.25, 0.3) is 49.4 Å². The van der Waals surface area contributed by atoms with Crippen LogP contribution in [-0.2, 0) is 5.41 Å². The summed E-state index contributed by atoms with van der Waals surface area (Å²) < 4.78 is 2.46. The molecule has 1 heteroatoms. The lowest BCUT2D eigenvalue weighted by Crippen LogP contribution is -2.14. The normalized spacial score (nSPS) is 14.2. The third kappa shape index (κ3) is 2.13. The lowest BCUT2D eigenvalue weighted by molar-refractivity contribution is 0.661. The first-order valence-electron chi connectivity index (χ1n) is 11.3. The average molecular weight is 410 g/mol. The Kier molecular flexibility index (Phi) is 3.40. The molecule has 1 aliphatic carbocycles. The summed E-state index contributed by atoms with van der Waals surface area (Å²) in [7, 11) is 0. The van der Waals surface area contributed by atoms with Crippen molar-refractivity contribution in [2.24, 2.45) is 0 Å². The summed E-state index contributed by atoms with van der Waals surface area (Å²) >= 11 is 0. The van der Waals surface area contributed by atoms with Crippen molar-refractivity contribution < 1.29 is 0 Å². The molecule has 32 heavy (non-hydrogen) atoms. The number of benzene rings is 5. The van der Waals surface area contributed by atoms with Crippen LogP contribution in [0.5, 0.6) is 0 Å². The highest BCUT2D eigenvalue weighted by Gasteiger charge is 2.36. The van der Waals surface area contributed by atoms with Crippen LogP contribution in [0.2, 0.25) is 0 Å². The molecule has 0 spiro atoms. The molecule has 1 aliphatic rings. The van der Waals surface area contributed by atoms with E-state index < -0.39 is 0 Å². The molecule has 0 atom stereocenters. The van der Waals surface area contributed by atoms with E-state index in [1.54, 1.807) is 0 Å². The number of hydrogen-bond acceptors (Lipinski definition) is 0. The molecule has 0 unspecified atom stereocenters. The maximum Gasteiger partial charge on any atom is 0.0625 e. The highest BCUT2D eigenvalue weighted by atomic mass is 15.0. The van der Waals surface area contributed by atoms with Crippen LogP contribution < -0.4 is 0 Å². The van der Waals surface area contributed by atoms with Crippen LogP contribution in [-0.4, -0.2) is 4.57 Å². The first kappa shape index (κ1) is 17.8. The standard InChI is InChI=1S/C31H23N/c1-31(2)25-14-8-6-13-24(25)29-26(31)19-17-20-16-18-23-22-12-7-9-15-27(22)32(30(23)28(20)29)21-10-4-3-5-11-21/h3-19H,1-2H3. The lowest BCUT2D eigenvalue weighted by atomic mass is 9.82. The van der Waals surface area contributed by atoms with Gasteiger partial charge in [0.2, 0.25) is 0 Å². The molecule has 7 rings (SSSR count). The fourth-order valence-corrected chi connectivity index (χ4v) is 5.90. The van der Waals surface area contributed by atoms with E-state index in [4.69, 9.17) is 0 Å². The average Bonchev–Trinajstić information content (AvgIpc) is 3.29. The molecule has 0 bridgehead atoms. The molecule has 0 aliphatic heterocycles. The Morgan fingerprint density at radius 2 is 1.31 bits per heavy atom. The molecule has 0 N–H and O–H groups in total. The van der Waals surface area contributed by atoms with E-state index in [2.05, 4.69) is 122 Å². The maximum absolute atomic E-state index is 2.46. The summed E-state index contributed by atoms with van der Waals surface area (Å²) in [6, 6.07) is 37.8. The van der Waals surface area contributed by atoms with Crippen LogP contribution in [0.4, 0.5) is 0 Å². The van der Waals surface area contributed by atoms with Crippen molar-refractivity contribution in [2.75, 3.05) is 0 Å². The largest absolute Gasteiger partial charge is 0.309 e. The van der Waals surface area contributed by atoms with Gasteiger partial charge in [-0.15, -0.1) is 0 Å². The SMILES string of the molecule is CC1(C)c2ccccc2-c2c1ccc1ccc3c4ccccc4n(-c4ccccc4)c3c21. The van der Waals surface area contributed by atoms with E-state index in [0.717, 1.165) is 0 Å². The minimum Gasteiger partial charge on any atom is -0.309 e. The third-order valence-corrected chi connectivity index (χ3v) is 7.38. The van der Waals surface area contributed by atoms with Crippen LogP contribution in [0.3, 0.4) is 0 Å². The van der Waals surface area contributed by atoms with Gasteiger partial charge in [0.25, 0.3) is 0 Å². The van der Waals surface area contributed by atoms with E-state index in [9.17, 15) is 0 Å². The number of aromatic nitrogens is 1. The summed E-state index contributed by atoms with van der Waals surface area (Å²) in [4.78, 5) is 0. The van der Waals surface area contributed by atoms with Gasteiger partial charge in [-0.2, -0.15) is 0 Å². The molecule has 5 aromatic carbocycles. The van der Waals surface area contributed by atoms with Gasteiger partial charge >= 0.3 is 0 Å². The van der Waals surface area contributed by atoms with Crippen molar-refractivity contribution in [1.82, 2.24) is 4.57 Å².